The zero-order chi connectivity index (χ0) is 19.6. The summed E-state index contributed by atoms with van der Waals surface area (Å²) in [6.07, 6.45) is 4.02. The fourth-order valence-corrected chi connectivity index (χ4v) is 3.63. The van der Waals surface area contributed by atoms with Crippen LogP contribution >= 0.6 is 0 Å². The summed E-state index contributed by atoms with van der Waals surface area (Å²) < 4.78 is 6.64. The van der Waals surface area contributed by atoms with Crippen LogP contribution in [0.25, 0.3) is 0 Å². The Morgan fingerprint density at radius 3 is 2.74 bits per heavy atom. The zero-order valence-electron chi connectivity index (χ0n) is 16.3. The Morgan fingerprint density at radius 2 is 2.15 bits per heavy atom. The molecule has 2 aromatic rings. The lowest BCUT2D eigenvalue weighted by atomic mass is 10.0. The first-order valence-corrected chi connectivity index (χ1v) is 9.21. The highest BCUT2D eigenvalue weighted by atomic mass is 16.5. The van der Waals surface area contributed by atoms with E-state index in [1.165, 1.54) is 0 Å². The quantitative estimate of drug-likeness (QED) is 0.778. The van der Waals surface area contributed by atoms with Crippen LogP contribution in [-0.4, -0.2) is 67.2 Å². The minimum Gasteiger partial charge on any atom is -0.340 e. The van der Waals surface area contributed by atoms with Crippen LogP contribution in [-0.2, 0) is 18.3 Å². The molecule has 2 aromatic heterocycles. The Morgan fingerprint density at radius 1 is 1.37 bits per heavy atom. The maximum Gasteiger partial charge on any atom is 0.257 e. The van der Waals surface area contributed by atoms with E-state index in [1.54, 1.807) is 31.8 Å². The van der Waals surface area contributed by atoms with Gasteiger partial charge in [0.1, 0.15) is 0 Å². The van der Waals surface area contributed by atoms with Crippen molar-refractivity contribution in [1.29, 1.82) is 0 Å². The summed E-state index contributed by atoms with van der Waals surface area (Å²) in [4.78, 5) is 32.9. The minimum absolute atomic E-state index is 0.00734. The molecule has 9 heteroatoms. The third-order valence-corrected chi connectivity index (χ3v) is 4.92. The van der Waals surface area contributed by atoms with E-state index in [9.17, 15) is 9.59 Å². The van der Waals surface area contributed by atoms with Gasteiger partial charge in [-0.3, -0.25) is 14.3 Å². The molecule has 0 N–H and O–H groups in total. The van der Waals surface area contributed by atoms with E-state index >= 15 is 0 Å². The van der Waals surface area contributed by atoms with Crippen molar-refractivity contribution in [3.63, 3.8) is 0 Å². The second-order valence-electron chi connectivity index (χ2n) is 7.04. The second-order valence-corrected chi connectivity index (χ2v) is 7.04. The molecule has 1 aliphatic rings. The molecular weight excluding hydrogens is 348 g/mol. The number of amides is 2. The van der Waals surface area contributed by atoms with Crippen molar-refractivity contribution in [3.05, 3.63) is 29.2 Å². The molecule has 0 bridgehead atoms. The first-order chi connectivity index (χ1) is 12.8. The van der Waals surface area contributed by atoms with Gasteiger partial charge >= 0.3 is 0 Å². The predicted octanol–water partition coefficient (Wildman–Crippen LogP) is 1.12. The van der Waals surface area contributed by atoms with E-state index in [0.717, 1.165) is 18.5 Å². The van der Waals surface area contributed by atoms with Gasteiger partial charge < -0.3 is 14.3 Å². The zero-order valence-corrected chi connectivity index (χ0v) is 16.3. The van der Waals surface area contributed by atoms with Gasteiger partial charge in [0.25, 0.3) is 5.91 Å². The molecule has 0 radical (unpaired) electrons. The molecule has 0 aliphatic carbocycles. The van der Waals surface area contributed by atoms with Crippen LogP contribution in [0.15, 0.2) is 10.7 Å². The van der Waals surface area contributed by atoms with Gasteiger partial charge in [0.2, 0.25) is 11.8 Å². The number of piperidine rings is 1. The van der Waals surface area contributed by atoms with Gasteiger partial charge in [-0.25, -0.2) is 0 Å². The summed E-state index contributed by atoms with van der Waals surface area (Å²) in [6, 6.07) is -0.00910. The first-order valence-electron chi connectivity index (χ1n) is 9.21. The molecule has 2 amide bonds. The Hall–Kier alpha value is -2.71. The van der Waals surface area contributed by atoms with Crippen LogP contribution < -0.4 is 0 Å². The molecule has 1 atom stereocenters. The number of carbonyl (C=O) groups excluding carboxylic acids is 2. The molecule has 1 unspecified atom stereocenters. The Labute approximate surface area is 158 Å². The van der Waals surface area contributed by atoms with Crippen molar-refractivity contribution in [2.24, 2.45) is 7.05 Å². The largest absolute Gasteiger partial charge is 0.340 e. The molecule has 0 saturated carbocycles. The number of aryl methyl sites for hydroxylation is 3. The standard InChI is InChI=1S/C18H26N6O3/c1-12-16(11-22(4)20-12)18(26)23-8-5-6-15(10-23)24(14(3)25)9-7-17-19-13(2)27-21-17/h11,15H,5-10H2,1-4H3. The van der Waals surface area contributed by atoms with Crippen molar-refractivity contribution in [2.75, 3.05) is 19.6 Å². The monoisotopic (exact) mass is 374 g/mol. The SMILES string of the molecule is CC(=O)N(CCc1noc(C)n1)C1CCCN(C(=O)c2cn(C)nc2C)C1. The van der Waals surface area contributed by atoms with E-state index in [1.807, 2.05) is 16.7 Å². The Balaban J connectivity index is 1.67. The molecular formula is C18H26N6O3. The van der Waals surface area contributed by atoms with Gasteiger partial charge in [-0.15, -0.1) is 0 Å². The van der Waals surface area contributed by atoms with Crippen molar-refractivity contribution < 1.29 is 14.1 Å². The molecule has 1 aliphatic heterocycles. The maximum atomic E-state index is 12.9. The predicted molar refractivity (Wildman–Crippen MR) is 97.0 cm³/mol. The molecule has 3 rings (SSSR count). The van der Waals surface area contributed by atoms with E-state index in [2.05, 4.69) is 15.2 Å². The van der Waals surface area contributed by atoms with E-state index in [0.29, 0.717) is 43.3 Å². The smallest absolute Gasteiger partial charge is 0.257 e. The molecule has 1 saturated heterocycles. The fourth-order valence-electron chi connectivity index (χ4n) is 3.63. The van der Waals surface area contributed by atoms with Crippen molar-refractivity contribution >= 4 is 11.8 Å². The van der Waals surface area contributed by atoms with Gasteiger partial charge in [-0.05, 0) is 19.8 Å². The lowest BCUT2D eigenvalue weighted by Gasteiger charge is -2.39. The van der Waals surface area contributed by atoms with E-state index < -0.39 is 0 Å². The van der Waals surface area contributed by atoms with Gasteiger partial charge in [0.15, 0.2) is 5.82 Å². The van der Waals surface area contributed by atoms with Crippen molar-refractivity contribution in [2.45, 2.75) is 46.1 Å². The average molecular weight is 374 g/mol. The molecule has 146 valence electrons. The van der Waals surface area contributed by atoms with Crippen LogP contribution in [0.2, 0.25) is 0 Å². The van der Waals surface area contributed by atoms with Crippen molar-refractivity contribution in [1.82, 2.24) is 29.7 Å². The number of nitrogens with zero attached hydrogens (tertiary/aromatic N) is 6. The first kappa shape index (κ1) is 19.1. The molecule has 3 heterocycles. The summed E-state index contributed by atoms with van der Waals surface area (Å²) in [5.41, 5.74) is 1.34. The third-order valence-electron chi connectivity index (χ3n) is 4.92. The highest BCUT2D eigenvalue weighted by Gasteiger charge is 2.30. The highest BCUT2D eigenvalue weighted by Crippen LogP contribution is 2.20. The van der Waals surface area contributed by atoms with Crippen LogP contribution in [0.5, 0.6) is 0 Å². The minimum atomic E-state index is -0.0254. The lowest BCUT2D eigenvalue weighted by Crippen LogP contribution is -2.51. The van der Waals surface area contributed by atoms with E-state index in [4.69, 9.17) is 4.52 Å². The number of rotatable bonds is 5. The molecule has 0 aromatic carbocycles. The normalized spacial score (nSPS) is 17.2. The summed E-state index contributed by atoms with van der Waals surface area (Å²) in [6.45, 7) is 6.87. The number of carbonyl (C=O) groups is 2. The summed E-state index contributed by atoms with van der Waals surface area (Å²) in [5, 5.41) is 8.15. The molecule has 0 spiro atoms. The summed E-state index contributed by atoms with van der Waals surface area (Å²) in [7, 11) is 1.81. The van der Waals surface area contributed by atoms with Crippen LogP contribution in [0.3, 0.4) is 0 Å². The molecule has 9 nitrogen and oxygen atoms in total. The number of aromatic nitrogens is 4. The topological polar surface area (TPSA) is 97.4 Å². The highest BCUT2D eigenvalue weighted by molar-refractivity contribution is 5.95. The number of likely N-dealkylation sites (tertiary alicyclic amines) is 1. The van der Waals surface area contributed by atoms with Crippen LogP contribution in [0.4, 0.5) is 0 Å². The Bertz CT molecular complexity index is 827. The average Bonchev–Trinajstić information content (AvgIpc) is 3.19. The van der Waals surface area contributed by atoms with Gasteiger partial charge in [0, 0.05) is 59.2 Å². The molecule has 27 heavy (non-hydrogen) atoms. The fraction of sp³-hybridized carbons (Fsp3) is 0.611. The maximum absolute atomic E-state index is 12.9. The van der Waals surface area contributed by atoms with Gasteiger partial charge in [-0.1, -0.05) is 5.16 Å². The Kier molecular flexibility index (Phi) is 5.57. The third kappa shape index (κ3) is 4.35. The number of hydrogen-bond acceptors (Lipinski definition) is 6. The van der Waals surface area contributed by atoms with E-state index in [-0.39, 0.29) is 17.9 Å². The van der Waals surface area contributed by atoms with Crippen LogP contribution in [0, 0.1) is 13.8 Å². The van der Waals surface area contributed by atoms with Crippen LogP contribution in [0.1, 0.15) is 47.5 Å². The second kappa shape index (κ2) is 7.89. The number of hydrogen-bond donors (Lipinski definition) is 0. The summed E-state index contributed by atoms with van der Waals surface area (Å²) in [5.74, 6) is 1.07. The van der Waals surface area contributed by atoms with Gasteiger partial charge in [-0.2, -0.15) is 10.1 Å². The lowest BCUT2D eigenvalue weighted by molar-refractivity contribution is -0.132. The molecule has 1 fully saturated rings. The summed E-state index contributed by atoms with van der Waals surface area (Å²) >= 11 is 0. The van der Waals surface area contributed by atoms with Crippen molar-refractivity contribution in [3.8, 4) is 0 Å². The van der Waals surface area contributed by atoms with Gasteiger partial charge in [0.05, 0.1) is 11.3 Å².